The van der Waals surface area contributed by atoms with Crippen molar-refractivity contribution in [1.82, 2.24) is 10.6 Å². The molecule has 1 saturated heterocycles. The highest BCUT2D eigenvalue weighted by atomic mass is 16.5. The van der Waals surface area contributed by atoms with Crippen LogP contribution in [0.5, 0.6) is 5.75 Å². The Kier molecular flexibility index (Phi) is 5.60. The van der Waals surface area contributed by atoms with Gasteiger partial charge in [-0.05, 0) is 30.5 Å². The maximum absolute atomic E-state index is 12.0. The van der Waals surface area contributed by atoms with Gasteiger partial charge in [0, 0.05) is 19.0 Å². The van der Waals surface area contributed by atoms with Gasteiger partial charge in [0.25, 0.3) is 0 Å². The van der Waals surface area contributed by atoms with Gasteiger partial charge < -0.3 is 15.4 Å². The third-order valence-electron chi connectivity index (χ3n) is 3.62. The lowest BCUT2D eigenvalue weighted by molar-refractivity contribution is -0.123. The smallest absolute Gasteiger partial charge is 0.224 e. The molecule has 1 heterocycles. The molecule has 0 aliphatic carbocycles. The van der Waals surface area contributed by atoms with Crippen LogP contribution in [0.15, 0.2) is 24.3 Å². The standard InChI is InChI=1S/C16H22N2O3/c1-21-14-7-4-5-12(9-14)10-16(20)17-11-13-6-2-3-8-15(19)18-13/h4-5,7,9,13H,2-3,6,8,10-11H2,1H3,(H,17,20)(H,18,19). The predicted octanol–water partition coefficient (Wildman–Crippen LogP) is 1.41. The molecule has 1 aromatic rings. The maximum Gasteiger partial charge on any atom is 0.224 e. The van der Waals surface area contributed by atoms with Crippen molar-refractivity contribution in [3.8, 4) is 5.75 Å². The lowest BCUT2D eigenvalue weighted by Crippen LogP contribution is -2.42. The molecule has 0 spiro atoms. The Balaban J connectivity index is 1.79. The minimum Gasteiger partial charge on any atom is -0.497 e. The second-order valence-electron chi connectivity index (χ2n) is 5.34. The van der Waals surface area contributed by atoms with E-state index < -0.39 is 0 Å². The largest absolute Gasteiger partial charge is 0.497 e. The zero-order chi connectivity index (χ0) is 15.1. The summed E-state index contributed by atoms with van der Waals surface area (Å²) in [4.78, 5) is 23.4. The quantitative estimate of drug-likeness (QED) is 0.861. The van der Waals surface area contributed by atoms with Gasteiger partial charge in [0.2, 0.25) is 11.8 Å². The van der Waals surface area contributed by atoms with E-state index in [0.717, 1.165) is 30.6 Å². The first-order valence-corrected chi connectivity index (χ1v) is 7.36. The van der Waals surface area contributed by atoms with E-state index in [1.165, 1.54) is 0 Å². The molecule has 2 N–H and O–H groups in total. The summed E-state index contributed by atoms with van der Waals surface area (Å²) in [7, 11) is 1.61. The molecule has 1 aliphatic rings. The highest BCUT2D eigenvalue weighted by Crippen LogP contribution is 2.13. The summed E-state index contributed by atoms with van der Waals surface area (Å²) >= 11 is 0. The van der Waals surface area contributed by atoms with Gasteiger partial charge >= 0.3 is 0 Å². The molecule has 0 bridgehead atoms. The van der Waals surface area contributed by atoms with Crippen molar-refractivity contribution in [2.45, 2.75) is 38.1 Å². The maximum atomic E-state index is 12.0. The van der Waals surface area contributed by atoms with E-state index in [1.54, 1.807) is 7.11 Å². The summed E-state index contributed by atoms with van der Waals surface area (Å²) in [5, 5.41) is 5.83. The van der Waals surface area contributed by atoms with Gasteiger partial charge in [-0.25, -0.2) is 0 Å². The zero-order valence-corrected chi connectivity index (χ0v) is 12.4. The van der Waals surface area contributed by atoms with Gasteiger partial charge in [0.1, 0.15) is 5.75 Å². The van der Waals surface area contributed by atoms with Crippen molar-refractivity contribution < 1.29 is 14.3 Å². The molecule has 1 aromatic carbocycles. The third kappa shape index (κ3) is 5.10. The van der Waals surface area contributed by atoms with Crippen LogP contribution in [0.3, 0.4) is 0 Å². The molecule has 0 aromatic heterocycles. The van der Waals surface area contributed by atoms with Crippen LogP contribution in [0.25, 0.3) is 0 Å². The number of methoxy groups -OCH3 is 1. The molecule has 1 unspecified atom stereocenters. The molecule has 1 fully saturated rings. The predicted molar refractivity (Wildman–Crippen MR) is 80.1 cm³/mol. The molecule has 21 heavy (non-hydrogen) atoms. The second kappa shape index (κ2) is 7.67. The van der Waals surface area contributed by atoms with E-state index in [0.29, 0.717) is 19.4 Å². The molecule has 1 atom stereocenters. The number of nitrogens with one attached hydrogen (secondary N) is 2. The topological polar surface area (TPSA) is 67.4 Å². The Hall–Kier alpha value is -2.04. The van der Waals surface area contributed by atoms with E-state index in [2.05, 4.69) is 10.6 Å². The molecular weight excluding hydrogens is 268 g/mol. The molecule has 2 amide bonds. The van der Waals surface area contributed by atoms with E-state index in [1.807, 2.05) is 24.3 Å². The van der Waals surface area contributed by atoms with Gasteiger partial charge in [-0.1, -0.05) is 18.6 Å². The highest BCUT2D eigenvalue weighted by Gasteiger charge is 2.16. The summed E-state index contributed by atoms with van der Waals surface area (Å²) in [6.45, 7) is 0.495. The van der Waals surface area contributed by atoms with Crippen molar-refractivity contribution in [2.75, 3.05) is 13.7 Å². The molecular formula is C16H22N2O3. The zero-order valence-electron chi connectivity index (χ0n) is 12.4. The van der Waals surface area contributed by atoms with Crippen molar-refractivity contribution in [3.63, 3.8) is 0 Å². The monoisotopic (exact) mass is 290 g/mol. The van der Waals surface area contributed by atoms with E-state index in [4.69, 9.17) is 4.74 Å². The van der Waals surface area contributed by atoms with Gasteiger partial charge in [0.05, 0.1) is 13.5 Å². The minimum absolute atomic E-state index is 0.0400. The molecule has 5 heteroatoms. The number of amides is 2. The molecule has 5 nitrogen and oxygen atoms in total. The van der Waals surface area contributed by atoms with Gasteiger partial charge in [-0.2, -0.15) is 0 Å². The van der Waals surface area contributed by atoms with Gasteiger partial charge in [-0.3, -0.25) is 9.59 Å². The summed E-state index contributed by atoms with van der Waals surface area (Å²) in [6.07, 6.45) is 3.78. The molecule has 2 rings (SSSR count). The summed E-state index contributed by atoms with van der Waals surface area (Å²) < 4.78 is 5.14. The normalized spacial score (nSPS) is 18.5. The number of carbonyl (C=O) groups excluding carboxylic acids is 2. The number of carbonyl (C=O) groups is 2. The van der Waals surface area contributed by atoms with Crippen LogP contribution in [0, 0.1) is 0 Å². The van der Waals surface area contributed by atoms with E-state index in [-0.39, 0.29) is 17.9 Å². The van der Waals surface area contributed by atoms with Crippen LogP contribution in [0.4, 0.5) is 0 Å². The number of hydrogen-bond acceptors (Lipinski definition) is 3. The Morgan fingerprint density at radius 1 is 1.43 bits per heavy atom. The Morgan fingerprint density at radius 3 is 3.10 bits per heavy atom. The first-order valence-electron chi connectivity index (χ1n) is 7.36. The van der Waals surface area contributed by atoms with Crippen LogP contribution < -0.4 is 15.4 Å². The third-order valence-corrected chi connectivity index (χ3v) is 3.62. The highest BCUT2D eigenvalue weighted by molar-refractivity contribution is 5.79. The Labute approximate surface area is 125 Å². The van der Waals surface area contributed by atoms with Crippen LogP contribution in [0.1, 0.15) is 31.2 Å². The Morgan fingerprint density at radius 2 is 2.29 bits per heavy atom. The molecule has 0 saturated carbocycles. The molecule has 114 valence electrons. The fourth-order valence-corrected chi connectivity index (χ4v) is 2.47. The van der Waals surface area contributed by atoms with E-state index >= 15 is 0 Å². The fraction of sp³-hybridized carbons (Fsp3) is 0.500. The fourth-order valence-electron chi connectivity index (χ4n) is 2.47. The number of rotatable bonds is 5. The number of benzene rings is 1. The summed E-state index contributed by atoms with van der Waals surface area (Å²) in [5.74, 6) is 0.789. The van der Waals surface area contributed by atoms with Crippen molar-refractivity contribution >= 4 is 11.8 Å². The van der Waals surface area contributed by atoms with Crippen LogP contribution in [-0.4, -0.2) is 31.5 Å². The number of hydrogen-bond donors (Lipinski definition) is 2. The van der Waals surface area contributed by atoms with Crippen molar-refractivity contribution in [1.29, 1.82) is 0 Å². The molecule has 0 radical (unpaired) electrons. The van der Waals surface area contributed by atoms with E-state index in [9.17, 15) is 9.59 Å². The summed E-state index contributed by atoms with van der Waals surface area (Å²) in [6, 6.07) is 7.52. The van der Waals surface area contributed by atoms with Crippen LogP contribution >= 0.6 is 0 Å². The van der Waals surface area contributed by atoms with Gasteiger partial charge in [0.15, 0.2) is 0 Å². The second-order valence-corrected chi connectivity index (χ2v) is 5.34. The minimum atomic E-state index is -0.0400. The lowest BCUT2D eigenvalue weighted by atomic mass is 10.1. The number of ether oxygens (including phenoxy) is 1. The summed E-state index contributed by atoms with van der Waals surface area (Å²) in [5.41, 5.74) is 0.914. The first-order chi connectivity index (χ1) is 10.2. The Bertz CT molecular complexity index is 502. The van der Waals surface area contributed by atoms with Crippen LogP contribution in [0.2, 0.25) is 0 Å². The first kappa shape index (κ1) is 15.4. The van der Waals surface area contributed by atoms with Crippen molar-refractivity contribution in [3.05, 3.63) is 29.8 Å². The lowest BCUT2D eigenvalue weighted by Gasteiger charge is -2.16. The average molecular weight is 290 g/mol. The van der Waals surface area contributed by atoms with Crippen LogP contribution in [-0.2, 0) is 16.0 Å². The SMILES string of the molecule is COc1cccc(CC(=O)NCC2CCCCC(=O)N2)c1. The average Bonchev–Trinajstić information content (AvgIpc) is 2.69. The molecule has 1 aliphatic heterocycles. The van der Waals surface area contributed by atoms with Gasteiger partial charge in [-0.15, -0.1) is 0 Å². The van der Waals surface area contributed by atoms with Crippen molar-refractivity contribution in [2.24, 2.45) is 0 Å².